The number of unbranched alkanes of at least 4 members (excludes halogenated alkanes) is 3. The van der Waals surface area contributed by atoms with Crippen molar-refractivity contribution >= 4 is 33.8 Å². The highest BCUT2D eigenvalue weighted by molar-refractivity contribution is 7.78. The van der Waals surface area contributed by atoms with Gasteiger partial charge in [-0.05, 0) is 50.2 Å². The van der Waals surface area contributed by atoms with Crippen molar-refractivity contribution in [2.45, 2.75) is 32.6 Å². The van der Waals surface area contributed by atoms with Crippen LogP contribution in [0.5, 0.6) is 0 Å². The van der Waals surface area contributed by atoms with Gasteiger partial charge in [-0.15, -0.1) is 0 Å². The Morgan fingerprint density at radius 3 is 2.50 bits per heavy atom. The average molecular weight is 346 g/mol. The Hall–Kier alpha value is -2.24. The molecule has 0 spiro atoms. The maximum absolute atomic E-state index is 11.9. The molecule has 0 aliphatic carbocycles. The minimum absolute atomic E-state index is 0.276. The number of fused-ring (bicyclic) bond motifs is 1. The van der Waals surface area contributed by atoms with Gasteiger partial charge < -0.3 is 4.90 Å². The molecule has 1 aromatic heterocycles. The minimum atomic E-state index is -0.279. The highest BCUT2D eigenvalue weighted by Crippen LogP contribution is 2.18. The molecule has 2 rings (SSSR count). The summed E-state index contributed by atoms with van der Waals surface area (Å²) in [5.74, 6) is 0. The summed E-state index contributed by atoms with van der Waals surface area (Å²) in [7, 11) is 0. The Kier molecular flexibility index (Phi) is 6.90. The van der Waals surface area contributed by atoms with Crippen LogP contribution < -0.4 is 16.0 Å². The molecule has 0 atom stereocenters. The highest BCUT2D eigenvalue weighted by Gasteiger charge is 2.08. The Labute approximate surface area is 145 Å². The van der Waals surface area contributed by atoms with Gasteiger partial charge in [-0.25, -0.2) is 4.99 Å². The molecule has 0 fully saturated rings. The number of rotatable bonds is 9. The number of H-pyrrole nitrogens is 2. The Morgan fingerprint density at radius 2 is 1.79 bits per heavy atom. The van der Waals surface area contributed by atoms with E-state index < -0.39 is 0 Å². The van der Waals surface area contributed by atoms with Crippen molar-refractivity contribution in [3.05, 3.63) is 38.9 Å². The van der Waals surface area contributed by atoms with Gasteiger partial charge in [-0.3, -0.25) is 19.8 Å². The van der Waals surface area contributed by atoms with Gasteiger partial charge in [-0.2, -0.15) is 0 Å². The number of benzene rings is 1. The van der Waals surface area contributed by atoms with E-state index in [0.717, 1.165) is 51.0 Å². The largest absolute Gasteiger partial charge is 0.372 e. The Bertz CT molecular complexity index is 836. The van der Waals surface area contributed by atoms with E-state index in [4.69, 9.17) is 0 Å². The molecule has 128 valence electrons. The van der Waals surface area contributed by atoms with Crippen LogP contribution >= 0.6 is 12.2 Å². The zero-order valence-corrected chi connectivity index (χ0v) is 14.6. The lowest BCUT2D eigenvalue weighted by Crippen LogP contribution is -2.25. The van der Waals surface area contributed by atoms with Gasteiger partial charge in [0.05, 0.1) is 15.9 Å². The zero-order valence-electron chi connectivity index (χ0n) is 13.8. The molecule has 6 nitrogen and oxygen atoms in total. The van der Waals surface area contributed by atoms with Crippen molar-refractivity contribution < 1.29 is 0 Å². The van der Waals surface area contributed by atoms with Gasteiger partial charge in [-0.1, -0.05) is 12.8 Å². The van der Waals surface area contributed by atoms with Crippen LogP contribution in [0, 0.1) is 0 Å². The fraction of sp³-hybridized carbons (Fsp3) is 0.471. The van der Waals surface area contributed by atoms with Crippen LogP contribution in [0.2, 0.25) is 0 Å². The maximum Gasteiger partial charge on any atom is 0.270 e. The molecule has 0 amide bonds. The van der Waals surface area contributed by atoms with E-state index in [-0.39, 0.29) is 11.1 Å². The van der Waals surface area contributed by atoms with E-state index in [9.17, 15) is 9.59 Å². The van der Waals surface area contributed by atoms with Gasteiger partial charge in [0.15, 0.2) is 0 Å². The molecule has 0 saturated heterocycles. The molecule has 2 N–H and O–H groups in total. The van der Waals surface area contributed by atoms with Crippen molar-refractivity contribution in [3.63, 3.8) is 0 Å². The summed E-state index contributed by atoms with van der Waals surface area (Å²) in [6.07, 6.45) is 4.34. The average Bonchev–Trinajstić information content (AvgIpc) is 2.60. The van der Waals surface area contributed by atoms with E-state index in [1.54, 1.807) is 12.1 Å². The van der Waals surface area contributed by atoms with Crippen molar-refractivity contribution in [3.8, 4) is 0 Å². The number of anilines is 1. The summed E-state index contributed by atoms with van der Waals surface area (Å²) in [6.45, 7) is 4.60. The SMILES string of the molecule is CCN(CCCCCCN=C=S)c1ccc2c(=O)[nH][nH]c(=O)c2c1. The van der Waals surface area contributed by atoms with Gasteiger partial charge in [0.1, 0.15) is 0 Å². The summed E-state index contributed by atoms with van der Waals surface area (Å²) < 4.78 is 0. The van der Waals surface area contributed by atoms with Gasteiger partial charge in [0, 0.05) is 25.3 Å². The molecule has 1 heterocycles. The number of hydrogen-bond acceptors (Lipinski definition) is 5. The van der Waals surface area contributed by atoms with Crippen molar-refractivity contribution in [1.82, 2.24) is 10.2 Å². The van der Waals surface area contributed by atoms with Crippen LogP contribution in [0.25, 0.3) is 10.8 Å². The fourth-order valence-electron chi connectivity index (χ4n) is 2.73. The van der Waals surface area contributed by atoms with Gasteiger partial charge in [0.25, 0.3) is 11.1 Å². The number of hydrogen-bond donors (Lipinski definition) is 2. The van der Waals surface area contributed by atoms with Crippen molar-refractivity contribution in [1.29, 1.82) is 0 Å². The minimum Gasteiger partial charge on any atom is -0.372 e. The number of nitrogens with zero attached hydrogens (tertiary/aromatic N) is 2. The number of aromatic amines is 2. The second kappa shape index (κ2) is 9.15. The van der Waals surface area contributed by atoms with Crippen LogP contribution in [-0.2, 0) is 0 Å². The summed E-state index contributed by atoms with van der Waals surface area (Å²) >= 11 is 4.54. The first kappa shape index (κ1) is 18.1. The topological polar surface area (TPSA) is 81.3 Å². The molecular weight excluding hydrogens is 324 g/mol. The molecular formula is C17H22N4O2S. The Morgan fingerprint density at radius 1 is 1.08 bits per heavy atom. The summed E-state index contributed by atoms with van der Waals surface area (Å²) in [5, 5.41) is 7.93. The van der Waals surface area contributed by atoms with Crippen LogP contribution in [0.4, 0.5) is 5.69 Å². The van der Waals surface area contributed by atoms with E-state index in [0.29, 0.717) is 10.8 Å². The summed E-state index contributed by atoms with van der Waals surface area (Å²) in [5.41, 5.74) is 0.409. The zero-order chi connectivity index (χ0) is 17.4. The normalized spacial score (nSPS) is 10.5. The van der Waals surface area contributed by atoms with E-state index >= 15 is 0 Å². The van der Waals surface area contributed by atoms with Gasteiger partial charge >= 0.3 is 0 Å². The third-order valence-corrected chi connectivity index (χ3v) is 4.17. The van der Waals surface area contributed by atoms with E-state index in [1.807, 2.05) is 6.07 Å². The first-order valence-electron chi connectivity index (χ1n) is 8.20. The van der Waals surface area contributed by atoms with Gasteiger partial charge in [0.2, 0.25) is 0 Å². The van der Waals surface area contributed by atoms with E-state index in [1.165, 1.54) is 0 Å². The van der Waals surface area contributed by atoms with Crippen LogP contribution in [0.1, 0.15) is 32.6 Å². The van der Waals surface area contributed by atoms with Crippen LogP contribution in [-0.4, -0.2) is 35.0 Å². The lowest BCUT2D eigenvalue weighted by Gasteiger charge is -2.23. The third kappa shape index (κ3) is 4.63. The number of isothiocyanates is 1. The maximum atomic E-state index is 11.9. The first-order valence-corrected chi connectivity index (χ1v) is 8.61. The standard InChI is InChI=1S/C17H22N4O2S/c1-2-21(10-6-4-3-5-9-18-12-24)13-7-8-14-15(11-13)17(23)20-19-16(14)22/h7-8,11H,2-6,9-10H2,1H3,(H,19,22)(H,20,23). The monoisotopic (exact) mass is 346 g/mol. The van der Waals surface area contributed by atoms with Crippen molar-refractivity contribution in [2.75, 3.05) is 24.5 Å². The molecule has 7 heteroatoms. The second-order valence-electron chi connectivity index (χ2n) is 5.61. The fourth-order valence-corrected chi connectivity index (χ4v) is 2.82. The lowest BCUT2D eigenvalue weighted by atomic mass is 10.1. The number of aromatic nitrogens is 2. The van der Waals surface area contributed by atoms with Crippen LogP contribution in [0.15, 0.2) is 32.8 Å². The molecule has 0 aliphatic rings. The predicted molar refractivity (Wildman–Crippen MR) is 101 cm³/mol. The smallest absolute Gasteiger partial charge is 0.270 e. The summed E-state index contributed by atoms with van der Waals surface area (Å²) in [6, 6.07) is 5.40. The third-order valence-electron chi connectivity index (χ3n) is 4.04. The molecule has 0 radical (unpaired) electrons. The van der Waals surface area contributed by atoms with Crippen LogP contribution in [0.3, 0.4) is 0 Å². The highest BCUT2D eigenvalue weighted by atomic mass is 32.1. The predicted octanol–water partition coefficient (Wildman–Crippen LogP) is 2.71. The number of nitrogens with one attached hydrogen (secondary N) is 2. The molecule has 24 heavy (non-hydrogen) atoms. The molecule has 0 aliphatic heterocycles. The molecule has 2 aromatic rings. The summed E-state index contributed by atoms with van der Waals surface area (Å²) in [4.78, 5) is 29.8. The number of aliphatic imine (C=N–C) groups is 1. The lowest BCUT2D eigenvalue weighted by molar-refractivity contribution is 0.634. The van der Waals surface area contributed by atoms with E-state index in [2.05, 4.69) is 44.4 Å². The molecule has 0 saturated carbocycles. The Balaban J connectivity index is 2.01. The number of thiocarbonyl (C=S) groups is 1. The first-order chi connectivity index (χ1) is 11.7. The quantitative estimate of drug-likeness (QED) is 0.415. The molecule has 0 bridgehead atoms. The second-order valence-corrected chi connectivity index (χ2v) is 5.79. The molecule has 1 aromatic carbocycles. The van der Waals surface area contributed by atoms with Crippen molar-refractivity contribution in [2.24, 2.45) is 4.99 Å². The molecule has 0 unspecified atom stereocenters.